The first-order valence-electron chi connectivity index (χ1n) is 3.55. The van der Waals surface area contributed by atoms with Crippen LogP contribution in [0.15, 0.2) is 24.4 Å². The Morgan fingerprint density at radius 2 is 2.30 bits per heavy atom. The maximum atomic E-state index is 7.33. The summed E-state index contributed by atoms with van der Waals surface area (Å²) in [6.45, 7) is 0. The zero-order valence-corrected chi connectivity index (χ0v) is 5.93. The van der Waals surface area contributed by atoms with E-state index < -0.39 is 0 Å². The van der Waals surface area contributed by atoms with Gasteiger partial charge in [-0.15, -0.1) is 0 Å². The molecule has 10 heavy (non-hydrogen) atoms. The lowest BCUT2D eigenvalue weighted by Crippen LogP contribution is -2.14. The molecule has 0 bridgehead atoms. The maximum absolute atomic E-state index is 7.33. The van der Waals surface area contributed by atoms with Gasteiger partial charge in [-0.05, 0) is 18.9 Å². The monoisotopic (exact) mass is 136 g/mol. The Kier molecular flexibility index (Phi) is 2.74. The van der Waals surface area contributed by atoms with Gasteiger partial charge in [0, 0.05) is 12.6 Å². The molecule has 1 aliphatic rings. The van der Waals surface area contributed by atoms with Gasteiger partial charge in [0.1, 0.15) is 0 Å². The molecule has 0 fully saturated rings. The molecule has 0 atom stereocenters. The Labute approximate surface area is 61.1 Å². The first kappa shape index (κ1) is 7.06. The summed E-state index contributed by atoms with van der Waals surface area (Å²) in [5.74, 6) is 0.611. The first-order valence-corrected chi connectivity index (χ1v) is 3.55. The second-order valence-electron chi connectivity index (χ2n) is 2.30. The van der Waals surface area contributed by atoms with Gasteiger partial charge in [-0.2, -0.15) is 0 Å². The molecule has 0 saturated carbocycles. The highest BCUT2D eigenvalue weighted by Gasteiger charge is 1.92. The van der Waals surface area contributed by atoms with Crippen LogP contribution in [0, 0.1) is 5.41 Å². The van der Waals surface area contributed by atoms with Crippen molar-refractivity contribution in [2.75, 3.05) is 0 Å². The lowest BCUT2D eigenvalue weighted by atomic mass is 10.2. The molecule has 2 nitrogen and oxygen atoms in total. The fourth-order valence-corrected chi connectivity index (χ4v) is 0.848. The number of amidine groups is 1. The van der Waals surface area contributed by atoms with Crippen LogP contribution in [0.4, 0.5) is 0 Å². The normalized spacial score (nSPS) is 25.4. The summed E-state index contributed by atoms with van der Waals surface area (Å²) in [5, 5.41) is 10.2. The van der Waals surface area contributed by atoms with E-state index in [-0.39, 0.29) is 0 Å². The van der Waals surface area contributed by atoms with E-state index >= 15 is 0 Å². The molecule has 0 amide bonds. The van der Waals surface area contributed by atoms with Crippen molar-refractivity contribution in [2.24, 2.45) is 0 Å². The van der Waals surface area contributed by atoms with Crippen LogP contribution in [0.3, 0.4) is 0 Å². The van der Waals surface area contributed by atoms with Gasteiger partial charge in [-0.3, -0.25) is 5.41 Å². The topological polar surface area (TPSA) is 35.9 Å². The van der Waals surface area contributed by atoms with Crippen LogP contribution in [0.2, 0.25) is 0 Å². The minimum Gasteiger partial charge on any atom is -0.351 e. The van der Waals surface area contributed by atoms with E-state index in [2.05, 4.69) is 11.4 Å². The standard InChI is InChI=1S/C8H12N2/c9-8-6-4-2-1-3-5-7-10-8/h1,3,5,7H,2,4,6H2,(H2,9,10)/b3-1+,7-5-. The predicted octanol–water partition coefficient (Wildman–Crippen LogP) is 1.81. The Morgan fingerprint density at radius 1 is 1.40 bits per heavy atom. The van der Waals surface area contributed by atoms with Crippen LogP contribution < -0.4 is 5.32 Å². The molecule has 0 radical (unpaired) electrons. The lowest BCUT2D eigenvalue weighted by Gasteiger charge is -1.99. The summed E-state index contributed by atoms with van der Waals surface area (Å²) in [5.41, 5.74) is 0. The maximum Gasteiger partial charge on any atom is 0.0971 e. The van der Waals surface area contributed by atoms with Crippen molar-refractivity contribution < 1.29 is 0 Å². The molecule has 1 rings (SSSR count). The van der Waals surface area contributed by atoms with Crippen LogP contribution in [-0.4, -0.2) is 5.84 Å². The van der Waals surface area contributed by atoms with E-state index in [1.54, 1.807) is 6.20 Å². The van der Waals surface area contributed by atoms with Gasteiger partial charge in [0.05, 0.1) is 5.84 Å². The number of hydrogen-bond acceptors (Lipinski definition) is 1. The largest absolute Gasteiger partial charge is 0.351 e. The fraction of sp³-hybridized carbons (Fsp3) is 0.375. The Balaban J connectivity index is 2.44. The van der Waals surface area contributed by atoms with E-state index in [4.69, 9.17) is 5.41 Å². The minimum absolute atomic E-state index is 0.611. The van der Waals surface area contributed by atoms with Gasteiger partial charge >= 0.3 is 0 Å². The highest BCUT2D eigenvalue weighted by molar-refractivity contribution is 5.79. The molecule has 2 N–H and O–H groups in total. The van der Waals surface area contributed by atoms with Crippen LogP contribution in [0.25, 0.3) is 0 Å². The molecule has 0 unspecified atom stereocenters. The van der Waals surface area contributed by atoms with Gasteiger partial charge in [-0.1, -0.05) is 12.2 Å². The van der Waals surface area contributed by atoms with Crippen LogP contribution in [-0.2, 0) is 0 Å². The van der Waals surface area contributed by atoms with Gasteiger partial charge in [0.2, 0.25) is 0 Å². The van der Waals surface area contributed by atoms with Crippen molar-refractivity contribution in [3.8, 4) is 0 Å². The van der Waals surface area contributed by atoms with Crippen LogP contribution >= 0.6 is 0 Å². The van der Waals surface area contributed by atoms with Crippen LogP contribution in [0.5, 0.6) is 0 Å². The quantitative estimate of drug-likeness (QED) is 0.523. The van der Waals surface area contributed by atoms with E-state index in [0.29, 0.717) is 5.84 Å². The molecule has 0 aromatic carbocycles. The van der Waals surface area contributed by atoms with Crippen molar-refractivity contribution in [3.63, 3.8) is 0 Å². The Bertz CT molecular complexity index is 168. The number of nitrogens with one attached hydrogen (secondary N) is 2. The molecule has 2 heteroatoms. The zero-order chi connectivity index (χ0) is 7.23. The summed E-state index contributed by atoms with van der Waals surface area (Å²) in [4.78, 5) is 0. The van der Waals surface area contributed by atoms with Gasteiger partial charge in [0.25, 0.3) is 0 Å². The summed E-state index contributed by atoms with van der Waals surface area (Å²) < 4.78 is 0. The lowest BCUT2D eigenvalue weighted by molar-refractivity contribution is 0.873. The number of allylic oxidation sites excluding steroid dienone is 3. The average molecular weight is 136 g/mol. The summed E-state index contributed by atoms with van der Waals surface area (Å²) in [7, 11) is 0. The SMILES string of the molecule is N=C1CCC/C=C/C=C\N1. The van der Waals surface area contributed by atoms with E-state index in [0.717, 1.165) is 19.3 Å². The van der Waals surface area contributed by atoms with Crippen molar-refractivity contribution >= 4 is 5.84 Å². The van der Waals surface area contributed by atoms with Crippen molar-refractivity contribution in [3.05, 3.63) is 24.4 Å². The predicted molar refractivity (Wildman–Crippen MR) is 43.0 cm³/mol. The third-order valence-electron chi connectivity index (χ3n) is 1.40. The van der Waals surface area contributed by atoms with E-state index in [1.807, 2.05) is 12.2 Å². The highest BCUT2D eigenvalue weighted by atomic mass is 14.9. The molecule has 0 saturated heterocycles. The summed E-state index contributed by atoms with van der Waals surface area (Å²) >= 11 is 0. The van der Waals surface area contributed by atoms with Gasteiger partial charge < -0.3 is 5.32 Å². The van der Waals surface area contributed by atoms with Crippen molar-refractivity contribution in [1.29, 1.82) is 5.41 Å². The second-order valence-corrected chi connectivity index (χ2v) is 2.30. The Hall–Kier alpha value is -1.05. The van der Waals surface area contributed by atoms with Gasteiger partial charge in [0.15, 0.2) is 0 Å². The van der Waals surface area contributed by atoms with Crippen molar-refractivity contribution in [2.45, 2.75) is 19.3 Å². The third kappa shape index (κ3) is 2.49. The van der Waals surface area contributed by atoms with Gasteiger partial charge in [-0.25, -0.2) is 0 Å². The molecule has 0 aromatic heterocycles. The van der Waals surface area contributed by atoms with Crippen molar-refractivity contribution in [1.82, 2.24) is 5.32 Å². The zero-order valence-electron chi connectivity index (χ0n) is 5.93. The molecule has 0 spiro atoms. The third-order valence-corrected chi connectivity index (χ3v) is 1.40. The first-order chi connectivity index (χ1) is 4.89. The van der Waals surface area contributed by atoms with Crippen LogP contribution in [0.1, 0.15) is 19.3 Å². The van der Waals surface area contributed by atoms with E-state index in [1.165, 1.54) is 0 Å². The molecule has 54 valence electrons. The molecule has 1 aliphatic heterocycles. The fourth-order valence-electron chi connectivity index (χ4n) is 0.848. The van der Waals surface area contributed by atoms with E-state index in [9.17, 15) is 0 Å². The molecule has 1 heterocycles. The number of rotatable bonds is 0. The molecule has 0 aromatic rings. The minimum atomic E-state index is 0.611. The average Bonchev–Trinajstić information content (AvgIpc) is 2.02. The highest BCUT2D eigenvalue weighted by Crippen LogP contribution is 1.98. The summed E-state index contributed by atoms with van der Waals surface area (Å²) in [6.07, 6.45) is 10.8. The summed E-state index contributed by atoms with van der Waals surface area (Å²) in [6, 6.07) is 0. The second kappa shape index (κ2) is 3.88. The Morgan fingerprint density at radius 3 is 3.20 bits per heavy atom. The molecular formula is C8H12N2. The molecular weight excluding hydrogens is 124 g/mol. The molecule has 0 aliphatic carbocycles. The number of hydrogen-bond donors (Lipinski definition) is 2. The smallest absolute Gasteiger partial charge is 0.0971 e.